The largest absolute Gasteiger partial charge is 0.376 e. The van der Waals surface area contributed by atoms with Gasteiger partial charge >= 0.3 is 0 Å². The molecule has 1 unspecified atom stereocenters. The minimum atomic E-state index is -0.167. The lowest BCUT2D eigenvalue weighted by Crippen LogP contribution is -2.53. The first-order chi connectivity index (χ1) is 11.6. The number of para-hydroxylation sites is 1. The van der Waals surface area contributed by atoms with Crippen molar-refractivity contribution in [1.29, 1.82) is 0 Å². The van der Waals surface area contributed by atoms with Crippen LogP contribution in [0.5, 0.6) is 0 Å². The second kappa shape index (κ2) is 7.96. The molecule has 0 bridgehead atoms. The maximum atomic E-state index is 12.4. The van der Waals surface area contributed by atoms with Crippen LogP contribution < -0.4 is 4.90 Å². The Hall–Kier alpha value is -1.63. The lowest BCUT2D eigenvalue weighted by atomic mass is 10.2. The fourth-order valence-corrected chi connectivity index (χ4v) is 3.19. The van der Waals surface area contributed by atoms with Crippen LogP contribution in [0.4, 0.5) is 5.69 Å². The molecule has 0 N–H and O–H groups in total. The number of anilines is 1. The molecule has 2 fully saturated rings. The van der Waals surface area contributed by atoms with E-state index in [0.717, 1.165) is 19.4 Å². The van der Waals surface area contributed by atoms with Crippen molar-refractivity contribution in [2.24, 2.45) is 0 Å². The number of ether oxygens (including phenoxy) is 2. The van der Waals surface area contributed by atoms with Gasteiger partial charge in [0.2, 0.25) is 11.8 Å². The van der Waals surface area contributed by atoms with E-state index >= 15 is 0 Å². The number of piperazine rings is 1. The summed E-state index contributed by atoms with van der Waals surface area (Å²) in [5, 5.41) is 0.533. The van der Waals surface area contributed by atoms with E-state index in [2.05, 4.69) is 0 Å². The van der Waals surface area contributed by atoms with Gasteiger partial charge in [-0.25, -0.2) is 0 Å². The number of halogens is 1. The predicted molar refractivity (Wildman–Crippen MR) is 90.2 cm³/mol. The second-order valence-electron chi connectivity index (χ2n) is 5.96. The summed E-state index contributed by atoms with van der Waals surface area (Å²) >= 11 is 6.15. The number of carbonyl (C=O) groups is 2. The van der Waals surface area contributed by atoms with Gasteiger partial charge in [0.05, 0.1) is 23.4 Å². The van der Waals surface area contributed by atoms with E-state index in [1.54, 1.807) is 11.0 Å². The van der Waals surface area contributed by atoms with Crippen LogP contribution in [0.2, 0.25) is 5.02 Å². The van der Waals surface area contributed by atoms with E-state index in [-0.39, 0.29) is 31.1 Å². The standard InChI is InChI=1S/C17H21ClN2O4/c18-14-5-1-2-6-15(14)20-8-7-19(10-16(20)21)17(22)12-23-11-13-4-3-9-24-13/h1-2,5-6,13H,3-4,7-12H2. The van der Waals surface area contributed by atoms with Crippen LogP contribution in [0, 0.1) is 0 Å². The number of benzene rings is 1. The number of amides is 2. The summed E-state index contributed by atoms with van der Waals surface area (Å²) in [5.41, 5.74) is 0.686. The molecule has 2 saturated heterocycles. The lowest BCUT2D eigenvalue weighted by molar-refractivity contribution is -0.141. The fourth-order valence-electron chi connectivity index (χ4n) is 2.96. The van der Waals surface area contributed by atoms with Crippen LogP contribution in [-0.2, 0) is 19.1 Å². The average molecular weight is 353 g/mol. The molecule has 2 aliphatic rings. The molecule has 3 rings (SSSR count). The molecule has 1 aromatic rings. The molecule has 2 amide bonds. The van der Waals surface area contributed by atoms with Crippen molar-refractivity contribution >= 4 is 29.1 Å². The quantitative estimate of drug-likeness (QED) is 0.809. The fraction of sp³-hybridized carbons (Fsp3) is 0.529. The molecule has 0 spiro atoms. The summed E-state index contributed by atoms with van der Waals surface area (Å²) in [4.78, 5) is 27.7. The highest BCUT2D eigenvalue weighted by Gasteiger charge is 2.29. The smallest absolute Gasteiger partial charge is 0.249 e. The zero-order valence-electron chi connectivity index (χ0n) is 13.4. The number of carbonyl (C=O) groups excluding carboxylic acids is 2. The van der Waals surface area contributed by atoms with Gasteiger partial charge in [-0.05, 0) is 25.0 Å². The molecule has 1 aromatic carbocycles. The van der Waals surface area contributed by atoms with E-state index in [1.165, 1.54) is 4.90 Å². The number of rotatable bonds is 5. The Labute approximate surface area is 146 Å². The van der Waals surface area contributed by atoms with E-state index in [1.807, 2.05) is 18.2 Å². The molecular weight excluding hydrogens is 332 g/mol. The summed E-state index contributed by atoms with van der Waals surface area (Å²) in [6, 6.07) is 7.22. The average Bonchev–Trinajstić information content (AvgIpc) is 3.09. The van der Waals surface area contributed by atoms with E-state index in [9.17, 15) is 9.59 Å². The van der Waals surface area contributed by atoms with Gasteiger partial charge in [-0.1, -0.05) is 23.7 Å². The number of hydrogen-bond acceptors (Lipinski definition) is 4. The molecule has 0 aromatic heterocycles. The third-order valence-corrected chi connectivity index (χ3v) is 4.59. The van der Waals surface area contributed by atoms with Crippen molar-refractivity contribution < 1.29 is 19.1 Å². The SMILES string of the molecule is O=C(COCC1CCCO1)N1CCN(c2ccccc2Cl)C(=O)C1. The Balaban J connectivity index is 1.48. The van der Waals surface area contributed by atoms with Gasteiger partial charge in [0.1, 0.15) is 13.2 Å². The summed E-state index contributed by atoms with van der Waals surface area (Å²) < 4.78 is 10.9. The van der Waals surface area contributed by atoms with E-state index in [4.69, 9.17) is 21.1 Å². The minimum absolute atomic E-state index is 0.0146. The zero-order valence-corrected chi connectivity index (χ0v) is 14.2. The molecule has 0 aliphatic carbocycles. The second-order valence-corrected chi connectivity index (χ2v) is 6.37. The molecule has 1 atom stereocenters. The van der Waals surface area contributed by atoms with Gasteiger partial charge in [-0.15, -0.1) is 0 Å². The highest BCUT2D eigenvalue weighted by Crippen LogP contribution is 2.26. The highest BCUT2D eigenvalue weighted by molar-refractivity contribution is 6.33. The zero-order chi connectivity index (χ0) is 16.9. The van der Waals surface area contributed by atoms with Gasteiger partial charge in [0.15, 0.2) is 0 Å². The van der Waals surface area contributed by atoms with Crippen LogP contribution >= 0.6 is 11.6 Å². The third kappa shape index (κ3) is 4.06. The molecule has 0 radical (unpaired) electrons. The van der Waals surface area contributed by atoms with Crippen molar-refractivity contribution in [3.05, 3.63) is 29.3 Å². The predicted octanol–water partition coefficient (Wildman–Crippen LogP) is 1.71. The maximum absolute atomic E-state index is 12.4. The molecule has 6 nitrogen and oxygen atoms in total. The minimum Gasteiger partial charge on any atom is -0.376 e. The summed E-state index contributed by atoms with van der Waals surface area (Å²) in [5.74, 6) is -0.304. The Bertz CT molecular complexity index is 604. The first-order valence-electron chi connectivity index (χ1n) is 8.17. The first kappa shape index (κ1) is 17.2. The molecule has 130 valence electrons. The van der Waals surface area contributed by atoms with Crippen molar-refractivity contribution in [2.75, 3.05) is 44.4 Å². The van der Waals surface area contributed by atoms with Gasteiger partial charge in [0.25, 0.3) is 0 Å². The van der Waals surface area contributed by atoms with Crippen LogP contribution in [0.25, 0.3) is 0 Å². The number of hydrogen-bond donors (Lipinski definition) is 0. The monoisotopic (exact) mass is 352 g/mol. The lowest BCUT2D eigenvalue weighted by Gasteiger charge is -2.34. The van der Waals surface area contributed by atoms with Crippen LogP contribution in [0.1, 0.15) is 12.8 Å². The summed E-state index contributed by atoms with van der Waals surface area (Å²) in [6.45, 7) is 2.13. The summed E-state index contributed by atoms with van der Waals surface area (Å²) in [7, 11) is 0. The van der Waals surface area contributed by atoms with Crippen molar-refractivity contribution in [2.45, 2.75) is 18.9 Å². The molecule has 2 heterocycles. The van der Waals surface area contributed by atoms with Gasteiger partial charge in [-0.3, -0.25) is 9.59 Å². The normalized spacial score (nSPS) is 21.4. The van der Waals surface area contributed by atoms with E-state index < -0.39 is 0 Å². The summed E-state index contributed by atoms with van der Waals surface area (Å²) in [6.07, 6.45) is 2.11. The Morgan fingerprint density at radius 2 is 2.17 bits per heavy atom. The van der Waals surface area contributed by atoms with Crippen LogP contribution in [0.15, 0.2) is 24.3 Å². The highest BCUT2D eigenvalue weighted by atomic mass is 35.5. The van der Waals surface area contributed by atoms with Crippen LogP contribution in [0.3, 0.4) is 0 Å². The van der Waals surface area contributed by atoms with Gasteiger partial charge in [-0.2, -0.15) is 0 Å². The van der Waals surface area contributed by atoms with E-state index in [0.29, 0.717) is 30.4 Å². The Morgan fingerprint density at radius 3 is 2.88 bits per heavy atom. The molecule has 24 heavy (non-hydrogen) atoms. The number of nitrogens with zero attached hydrogens (tertiary/aromatic N) is 2. The first-order valence-corrected chi connectivity index (χ1v) is 8.55. The molecule has 2 aliphatic heterocycles. The maximum Gasteiger partial charge on any atom is 0.249 e. The van der Waals surface area contributed by atoms with Crippen molar-refractivity contribution in [1.82, 2.24) is 4.90 Å². The van der Waals surface area contributed by atoms with Crippen molar-refractivity contribution in [3.8, 4) is 0 Å². The van der Waals surface area contributed by atoms with Gasteiger partial charge in [0, 0.05) is 19.7 Å². The Kier molecular flexibility index (Phi) is 5.71. The molecule has 7 heteroatoms. The van der Waals surface area contributed by atoms with Crippen molar-refractivity contribution in [3.63, 3.8) is 0 Å². The third-order valence-electron chi connectivity index (χ3n) is 4.27. The van der Waals surface area contributed by atoms with Gasteiger partial charge < -0.3 is 19.3 Å². The molecular formula is C17H21ClN2O4. The topological polar surface area (TPSA) is 59.1 Å². The Morgan fingerprint density at radius 1 is 1.33 bits per heavy atom. The molecule has 0 saturated carbocycles. The van der Waals surface area contributed by atoms with Crippen LogP contribution in [-0.4, -0.2) is 62.3 Å².